The maximum Gasteiger partial charge on any atom is 0.433 e. The fourth-order valence-electron chi connectivity index (χ4n) is 3.24. The highest BCUT2D eigenvalue weighted by molar-refractivity contribution is 5.59. The lowest BCUT2D eigenvalue weighted by Gasteiger charge is -2.36. The summed E-state index contributed by atoms with van der Waals surface area (Å²) >= 11 is 0. The number of hydrogen-bond donors (Lipinski definition) is 1. The van der Waals surface area contributed by atoms with Crippen LogP contribution in [0.2, 0.25) is 0 Å². The molecular weight excluding hydrogens is 381 g/mol. The molecule has 4 rings (SSSR count). The zero-order valence-corrected chi connectivity index (χ0v) is 15.5. The highest BCUT2D eigenvalue weighted by Crippen LogP contribution is 2.32. The molecule has 0 spiro atoms. The first-order chi connectivity index (χ1) is 13.9. The van der Waals surface area contributed by atoms with Gasteiger partial charge >= 0.3 is 6.18 Å². The van der Waals surface area contributed by atoms with Gasteiger partial charge in [0.2, 0.25) is 0 Å². The van der Waals surface area contributed by atoms with Gasteiger partial charge in [-0.1, -0.05) is 30.3 Å². The number of nitrogen functional groups attached to an aromatic ring is 1. The molecule has 3 aromatic rings. The predicted octanol–water partition coefficient (Wildman–Crippen LogP) is 3.47. The molecule has 6 nitrogen and oxygen atoms in total. The highest BCUT2D eigenvalue weighted by Gasteiger charge is 2.34. The van der Waals surface area contributed by atoms with E-state index in [0.29, 0.717) is 37.6 Å². The summed E-state index contributed by atoms with van der Waals surface area (Å²) in [5, 5.41) is 0. The van der Waals surface area contributed by atoms with Gasteiger partial charge in [-0.05, 0) is 12.1 Å². The first kappa shape index (κ1) is 19.0. The summed E-state index contributed by atoms with van der Waals surface area (Å²) in [6.45, 7) is 2.34. The standard InChI is InChI=1S/C20H19F3N6/c21-20(22,23)16-12-18(27-19(26-16)14-4-2-1-3-5-14)29-10-8-28(9-11-29)15-6-7-17(24)25-13-15/h1-7,12-13H,8-11H2,(H2,24,25). The third-order valence-corrected chi connectivity index (χ3v) is 4.77. The molecular formula is C20H19F3N6. The van der Waals surface area contributed by atoms with Gasteiger partial charge in [-0.15, -0.1) is 0 Å². The Morgan fingerprint density at radius 3 is 2.17 bits per heavy atom. The minimum atomic E-state index is -4.54. The van der Waals surface area contributed by atoms with Gasteiger partial charge in [0.15, 0.2) is 11.5 Å². The van der Waals surface area contributed by atoms with E-state index >= 15 is 0 Å². The summed E-state index contributed by atoms with van der Waals surface area (Å²) in [5.41, 5.74) is 6.16. The molecule has 1 aliphatic heterocycles. The number of anilines is 3. The van der Waals surface area contributed by atoms with Crippen LogP contribution in [-0.2, 0) is 6.18 Å². The van der Waals surface area contributed by atoms with E-state index in [9.17, 15) is 13.2 Å². The molecule has 0 atom stereocenters. The van der Waals surface area contributed by atoms with Crippen LogP contribution in [0, 0.1) is 0 Å². The van der Waals surface area contributed by atoms with Crippen LogP contribution < -0.4 is 15.5 Å². The molecule has 2 aromatic heterocycles. The summed E-state index contributed by atoms with van der Waals surface area (Å²) < 4.78 is 40.2. The van der Waals surface area contributed by atoms with Gasteiger partial charge in [0, 0.05) is 37.8 Å². The Labute approximate surface area is 165 Å². The normalized spacial score (nSPS) is 14.9. The highest BCUT2D eigenvalue weighted by atomic mass is 19.4. The molecule has 9 heteroatoms. The van der Waals surface area contributed by atoms with E-state index in [-0.39, 0.29) is 11.6 Å². The van der Waals surface area contributed by atoms with E-state index in [0.717, 1.165) is 11.8 Å². The van der Waals surface area contributed by atoms with Crippen molar-refractivity contribution in [2.24, 2.45) is 0 Å². The zero-order valence-electron chi connectivity index (χ0n) is 15.5. The van der Waals surface area contributed by atoms with Crippen LogP contribution in [0.25, 0.3) is 11.4 Å². The number of rotatable bonds is 3. The van der Waals surface area contributed by atoms with Gasteiger partial charge in [0.25, 0.3) is 0 Å². The van der Waals surface area contributed by atoms with Crippen molar-refractivity contribution in [3.8, 4) is 11.4 Å². The van der Waals surface area contributed by atoms with Gasteiger partial charge in [-0.25, -0.2) is 15.0 Å². The fraction of sp³-hybridized carbons (Fsp3) is 0.250. The molecule has 0 unspecified atom stereocenters. The maximum atomic E-state index is 13.4. The molecule has 0 radical (unpaired) electrons. The fourth-order valence-corrected chi connectivity index (χ4v) is 3.24. The Morgan fingerprint density at radius 2 is 1.55 bits per heavy atom. The molecule has 0 bridgehead atoms. The summed E-state index contributed by atoms with van der Waals surface area (Å²) in [4.78, 5) is 16.2. The molecule has 3 heterocycles. The number of aromatic nitrogens is 3. The van der Waals surface area contributed by atoms with Crippen molar-refractivity contribution in [1.82, 2.24) is 15.0 Å². The summed E-state index contributed by atoms with van der Waals surface area (Å²) in [5.74, 6) is 0.795. The maximum absolute atomic E-state index is 13.4. The van der Waals surface area contributed by atoms with Crippen molar-refractivity contribution in [3.63, 3.8) is 0 Å². The summed E-state index contributed by atoms with van der Waals surface area (Å²) in [6, 6.07) is 13.3. The van der Waals surface area contributed by atoms with Gasteiger partial charge < -0.3 is 15.5 Å². The summed E-state index contributed by atoms with van der Waals surface area (Å²) in [6.07, 6.45) is -2.84. The number of pyridine rings is 1. The lowest BCUT2D eigenvalue weighted by molar-refractivity contribution is -0.141. The van der Waals surface area contributed by atoms with Crippen molar-refractivity contribution in [3.05, 3.63) is 60.4 Å². The number of nitrogens with zero attached hydrogens (tertiary/aromatic N) is 5. The molecule has 0 amide bonds. The number of nitrogens with two attached hydrogens (primary N) is 1. The lowest BCUT2D eigenvalue weighted by Crippen LogP contribution is -2.47. The Morgan fingerprint density at radius 1 is 0.862 bits per heavy atom. The van der Waals surface area contributed by atoms with Gasteiger partial charge in [0.1, 0.15) is 11.6 Å². The van der Waals surface area contributed by atoms with Crippen molar-refractivity contribution >= 4 is 17.3 Å². The zero-order chi connectivity index (χ0) is 20.4. The molecule has 29 heavy (non-hydrogen) atoms. The first-order valence-corrected chi connectivity index (χ1v) is 9.13. The van der Waals surface area contributed by atoms with Crippen molar-refractivity contribution in [1.29, 1.82) is 0 Å². The number of benzene rings is 1. The molecule has 1 saturated heterocycles. The Bertz CT molecular complexity index is 968. The monoisotopic (exact) mass is 400 g/mol. The van der Waals surface area contributed by atoms with Crippen molar-refractivity contribution < 1.29 is 13.2 Å². The quantitative estimate of drug-likeness (QED) is 0.726. The minimum Gasteiger partial charge on any atom is -0.384 e. The van der Waals surface area contributed by atoms with Gasteiger partial charge in [-0.2, -0.15) is 13.2 Å². The van der Waals surface area contributed by atoms with Crippen LogP contribution in [0.4, 0.5) is 30.5 Å². The Kier molecular flexibility index (Phi) is 4.96. The number of piperazine rings is 1. The molecule has 1 fully saturated rings. The van der Waals surface area contributed by atoms with E-state index in [1.54, 1.807) is 42.6 Å². The average Bonchev–Trinajstić information content (AvgIpc) is 2.74. The smallest absolute Gasteiger partial charge is 0.384 e. The van der Waals surface area contributed by atoms with Crippen LogP contribution in [-0.4, -0.2) is 41.1 Å². The topological polar surface area (TPSA) is 71.2 Å². The minimum absolute atomic E-state index is 0.0700. The van der Waals surface area contributed by atoms with Gasteiger partial charge in [0.05, 0.1) is 11.9 Å². The van der Waals surface area contributed by atoms with Gasteiger partial charge in [-0.3, -0.25) is 0 Å². The molecule has 0 saturated carbocycles. The van der Waals surface area contributed by atoms with Crippen LogP contribution in [0.15, 0.2) is 54.7 Å². The predicted molar refractivity (Wildman–Crippen MR) is 106 cm³/mol. The molecule has 150 valence electrons. The SMILES string of the molecule is Nc1ccc(N2CCN(c3cc(C(F)(F)F)nc(-c4ccccc4)n3)CC2)cn1. The number of alkyl halides is 3. The van der Waals surface area contributed by atoms with E-state index in [1.165, 1.54) is 0 Å². The first-order valence-electron chi connectivity index (χ1n) is 9.13. The van der Waals surface area contributed by atoms with E-state index in [4.69, 9.17) is 5.73 Å². The second kappa shape index (κ2) is 7.57. The molecule has 0 aliphatic carbocycles. The van der Waals surface area contributed by atoms with Crippen LogP contribution >= 0.6 is 0 Å². The van der Waals surface area contributed by atoms with Crippen molar-refractivity contribution in [2.75, 3.05) is 41.7 Å². The molecule has 1 aliphatic rings. The lowest BCUT2D eigenvalue weighted by atomic mass is 10.2. The third-order valence-electron chi connectivity index (χ3n) is 4.77. The number of hydrogen-bond acceptors (Lipinski definition) is 6. The summed E-state index contributed by atoms with van der Waals surface area (Å²) in [7, 11) is 0. The van der Waals surface area contributed by atoms with Crippen LogP contribution in [0.1, 0.15) is 5.69 Å². The van der Waals surface area contributed by atoms with Crippen LogP contribution in [0.5, 0.6) is 0 Å². The van der Waals surface area contributed by atoms with Crippen molar-refractivity contribution in [2.45, 2.75) is 6.18 Å². The third kappa shape index (κ3) is 4.23. The van der Waals surface area contributed by atoms with E-state index < -0.39 is 11.9 Å². The largest absolute Gasteiger partial charge is 0.433 e. The Hall–Kier alpha value is -3.36. The number of halogens is 3. The Balaban J connectivity index is 1.59. The second-order valence-electron chi connectivity index (χ2n) is 6.71. The van der Waals surface area contributed by atoms with E-state index in [1.807, 2.05) is 11.0 Å². The molecule has 1 aromatic carbocycles. The van der Waals surface area contributed by atoms with E-state index in [2.05, 4.69) is 19.9 Å². The molecule has 2 N–H and O–H groups in total. The van der Waals surface area contributed by atoms with Crippen LogP contribution in [0.3, 0.4) is 0 Å². The average molecular weight is 400 g/mol. The second-order valence-corrected chi connectivity index (χ2v) is 6.71.